The second-order valence-electron chi connectivity index (χ2n) is 4.66. The van der Waals surface area contributed by atoms with E-state index in [4.69, 9.17) is 4.74 Å². The van der Waals surface area contributed by atoms with Gasteiger partial charge in [0, 0.05) is 12.2 Å². The number of rotatable bonds is 7. The molecule has 0 spiro atoms. The van der Waals surface area contributed by atoms with Crippen LogP contribution in [0.3, 0.4) is 0 Å². The number of anilines is 1. The van der Waals surface area contributed by atoms with Crippen molar-refractivity contribution in [1.82, 2.24) is 4.90 Å². The molecule has 20 heavy (non-hydrogen) atoms. The van der Waals surface area contributed by atoms with Gasteiger partial charge in [0.05, 0.1) is 19.6 Å². The van der Waals surface area contributed by atoms with Gasteiger partial charge < -0.3 is 10.1 Å². The Hall–Kier alpha value is -1.88. The van der Waals surface area contributed by atoms with Crippen LogP contribution in [0.4, 0.5) is 5.69 Å². The van der Waals surface area contributed by atoms with Gasteiger partial charge in [0.2, 0.25) is 5.91 Å². The molecule has 0 aliphatic rings. The quantitative estimate of drug-likeness (QED) is 0.773. The molecule has 0 saturated carbocycles. The minimum atomic E-state index is -0.237. The molecule has 5 heteroatoms. The summed E-state index contributed by atoms with van der Waals surface area (Å²) in [6, 6.07) is 7.62. The fraction of sp³-hybridized carbons (Fsp3) is 0.467. The zero-order chi connectivity index (χ0) is 15.0. The van der Waals surface area contributed by atoms with E-state index in [9.17, 15) is 9.59 Å². The van der Waals surface area contributed by atoms with Gasteiger partial charge in [-0.05, 0) is 32.5 Å². The summed E-state index contributed by atoms with van der Waals surface area (Å²) in [4.78, 5) is 24.9. The first kappa shape index (κ1) is 16.2. The predicted octanol–water partition coefficient (Wildman–Crippen LogP) is 1.82. The van der Waals surface area contributed by atoms with Crippen LogP contribution >= 0.6 is 0 Å². The van der Waals surface area contributed by atoms with Crippen LogP contribution in [0.15, 0.2) is 24.3 Å². The first-order valence-electron chi connectivity index (χ1n) is 6.72. The summed E-state index contributed by atoms with van der Waals surface area (Å²) in [6.45, 7) is 4.85. The van der Waals surface area contributed by atoms with E-state index in [-0.39, 0.29) is 18.4 Å². The van der Waals surface area contributed by atoms with Gasteiger partial charge in [0.15, 0.2) is 0 Å². The number of carbonyl (C=O) groups is 2. The van der Waals surface area contributed by atoms with Crippen molar-refractivity contribution in [3.8, 4) is 0 Å². The molecule has 1 N–H and O–H groups in total. The summed E-state index contributed by atoms with van der Waals surface area (Å²) in [6.07, 6.45) is 0.294. The fourth-order valence-corrected chi connectivity index (χ4v) is 1.74. The Morgan fingerprint density at radius 2 is 2.00 bits per heavy atom. The molecule has 0 aliphatic carbocycles. The molecule has 0 aromatic heterocycles. The molecular weight excluding hydrogens is 256 g/mol. The smallest absolute Gasteiger partial charge is 0.307 e. The molecule has 1 aromatic rings. The molecule has 0 unspecified atom stereocenters. The van der Waals surface area contributed by atoms with E-state index in [2.05, 4.69) is 5.32 Å². The number of hydrogen-bond acceptors (Lipinski definition) is 4. The van der Waals surface area contributed by atoms with E-state index in [1.807, 2.05) is 31.2 Å². The third-order valence-electron chi connectivity index (χ3n) is 2.84. The number of carbonyl (C=O) groups excluding carboxylic acids is 2. The van der Waals surface area contributed by atoms with E-state index in [1.54, 1.807) is 18.9 Å². The molecule has 5 nitrogen and oxygen atoms in total. The van der Waals surface area contributed by atoms with Gasteiger partial charge in [0.1, 0.15) is 0 Å². The highest BCUT2D eigenvalue weighted by atomic mass is 16.5. The molecule has 0 saturated heterocycles. The lowest BCUT2D eigenvalue weighted by molar-refractivity contribution is -0.143. The zero-order valence-corrected chi connectivity index (χ0v) is 12.3. The Balaban J connectivity index is 2.35. The summed E-state index contributed by atoms with van der Waals surface area (Å²) in [5.74, 6) is -0.329. The van der Waals surface area contributed by atoms with Crippen molar-refractivity contribution in [3.05, 3.63) is 29.8 Å². The van der Waals surface area contributed by atoms with Gasteiger partial charge in [-0.3, -0.25) is 14.5 Å². The molecule has 0 heterocycles. The molecule has 1 rings (SSSR count). The first-order chi connectivity index (χ1) is 9.52. The molecule has 110 valence electrons. The standard InChI is InChI=1S/C15H22N2O3/c1-4-20-15(19)9-10-17(3)11-14(18)16-13-8-6-5-7-12(13)2/h5-8H,4,9-11H2,1-3H3,(H,16,18). The van der Waals surface area contributed by atoms with Crippen molar-refractivity contribution in [3.63, 3.8) is 0 Å². The van der Waals surface area contributed by atoms with Gasteiger partial charge in [-0.15, -0.1) is 0 Å². The predicted molar refractivity (Wildman–Crippen MR) is 78.6 cm³/mol. The Morgan fingerprint density at radius 3 is 2.65 bits per heavy atom. The largest absolute Gasteiger partial charge is 0.466 e. The van der Waals surface area contributed by atoms with Gasteiger partial charge in [-0.25, -0.2) is 0 Å². The fourth-order valence-electron chi connectivity index (χ4n) is 1.74. The SMILES string of the molecule is CCOC(=O)CCN(C)CC(=O)Nc1ccccc1C. The number of aryl methyl sites for hydroxylation is 1. The van der Waals surface area contributed by atoms with Crippen molar-refractivity contribution in [2.24, 2.45) is 0 Å². The van der Waals surface area contributed by atoms with E-state index >= 15 is 0 Å². The van der Waals surface area contributed by atoms with E-state index in [0.29, 0.717) is 19.6 Å². The summed E-state index contributed by atoms with van der Waals surface area (Å²) in [7, 11) is 1.80. The van der Waals surface area contributed by atoms with Gasteiger partial charge in [0.25, 0.3) is 0 Å². The van der Waals surface area contributed by atoms with Crippen LogP contribution in [0.5, 0.6) is 0 Å². The topological polar surface area (TPSA) is 58.6 Å². The highest BCUT2D eigenvalue weighted by molar-refractivity contribution is 5.92. The summed E-state index contributed by atoms with van der Waals surface area (Å²) in [5.41, 5.74) is 1.84. The van der Waals surface area contributed by atoms with Gasteiger partial charge >= 0.3 is 5.97 Å². The normalized spacial score (nSPS) is 10.4. The third-order valence-corrected chi connectivity index (χ3v) is 2.84. The molecule has 0 fully saturated rings. The molecule has 1 amide bonds. The summed E-state index contributed by atoms with van der Waals surface area (Å²) >= 11 is 0. The van der Waals surface area contributed by atoms with Crippen LogP contribution in [0.2, 0.25) is 0 Å². The van der Waals surface area contributed by atoms with Crippen molar-refractivity contribution >= 4 is 17.6 Å². The monoisotopic (exact) mass is 278 g/mol. The number of benzene rings is 1. The number of likely N-dealkylation sites (N-methyl/N-ethyl adjacent to an activating group) is 1. The third kappa shape index (κ3) is 5.84. The second-order valence-corrected chi connectivity index (χ2v) is 4.66. The molecule has 0 bridgehead atoms. The van der Waals surface area contributed by atoms with Crippen LogP contribution in [0, 0.1) is 6.92 Å². The van der Waals surface area contributed by atoms with Crippen molar-refractivity contribution in [2.75, 3.05) is 32.1 Å². The summed E-state index contributed by atoms with van der Waals surface area (Å²) in [5, 5.41) is 2.86. The Labute approximate surface area is 119 Å². The highest BCUT2D eigenvalue weighted by Gasteiger charge is 2.10. The zero-order valence-electron chi connectivity index (χ0n) is 12.3. The Bertz CT molecular complexity index is 460. The van der Waals surface area contributed by atoms with Crippen molar-refractivity contribution < 1.29 is 14.3 Å². The molecule has 1 aromatic carbocycles. The average molecular weight is 278 g/mol. The average Bonchev–Trinajstić information content (AvgIpc) is 2.39. The van der Waals surface area contributed by atoms with Crippen LogP contribution in [0.25, 0.3) is 0 Å². The Kier molecular flexibility index (Phi) is 6.73. The summed E-state index contributed by atoms with van der Waals surface area (Å²) < 4.78 is 4.84. The Morgan fingerprint density at radius 1 is 1.30 bits per heavy atom. The van der Waals surface area contributed by atoms with Crippen LogP contribution in [-0.4, -0.2) is 43.5 Å². The second kappa shape index (κ2) is 8.32. The van der Waals surface area contributed by atoms with Crippen LogP contribution in [-0.2, 0) is 14.3 Å². The van der Waals surface area contributed by atoms with Crippen LogP contribution in [0.1, 0.15) is 18.9 Å². The number of ether oxygens (including phenoxy) is 1. The number of para-hydroxylation sites is 1. The lowest BCUT2D eigenvalue weighted by Crippen LogP contribution is -2.32. The highest BCUT2D eigenvalue weighted by Crippen LogP contribution is 2.12. The number of amides is 1. The molecule has 0 radical (unpaired) electrons. The van der Waals surface area contributed by atoms with Crippen molar-refractivity contribution in [1.29, 1.82) is 0 Å². The first-order valence-corrected chi connectivity index (χ1v) is 6.72. The van der Waals surface area contributed by atoms with Crippen molar-refractivity contribution in [2.45, 2.75) is 20.3 Å². The number of nitrogens with one attached hydrogen (secondary N) is 1. The lowest BCUT2D eigenvalue weighted by atomic mass is 10.2. The number of nitrogens with zero attached hydrogens (tertiary/aromatic N) is 1. The van der Waals surface area contributed by atoms with Gasteiger partial charge in [-0.1, -0.05) is 18.2 Å². The van der Waals surface area contributed by atoms with E-state index < -0.39 is 0 Å². The molecule has 0 aliphatic heterocycles. The minimum absolute atomic E-state index is 0.0920. The van der Waals surface area contributed by atoms with E-state index in [1.165, 1.54) is 0 Å². The maximum Gasteiger partial charge on any atom is 0.307 e. The molecule has 0 atom stereocenters. The van der Waals surface area contributed by atoms with E-state index in [0.717, 1.165) is 11.3 Å². The van der Waals surface area contributed by atoms with Gasteiger partial charge in [-0.2, -0.15) is 0 Å². The minimum Gasteiger partial charge on any atom is -0.466 e. The number of hydrogen-bond donors (Lipinski definition) is 1. The maximum atomic E-state index is 11.9. The maximum absolute atomic E-state index is 11.9. The number of esters is 1. The van der Waals surface area contributed by atoms with Crippen LogP contribution < -0.4 is 5.32 Å². The lowest BCUT2D eigenvalue weighted by Gasteiger charge is -2.16. The molecular formula is C15H22N2O3.